The molecule has 31 heavy (non-hydrogen) atoms. The molecule has 2 aromatic rings. The van der Waals surface area contributed by atoms with Crippen LogP contribution in [0.3, 0.4) is 0 Å². The van der Waals surface area contributed by atoms with Crippen molar-refractivity contribution in [1.29, 1.82) is 0 Å². The van der Waals surface area contributed by atoms with E-state index >= 15 is 0 Å². The zero-order valence-corrected chi connectivity index (χ0v) is 18.5. The second kappa shape index (κ2) is 8.76. The van der Waals surface area contributed by atoms with Gasteiger partial charge in [-0.3, -0.25) is 4.90 Å². The lowest BCUT2D eigenvalue weighted by molar-refractivity contribution is -0.897. The van der Waals surface area contributed by atoms with Crippen molar-refractivity contribution >= 4 is 11.8 Å². The topological polar surface area (TPSA) is 80.5 Å². The number of furan rings is 1. The number of hydroxylamine groups is 3. The second-order valence-corrected chi connectivity index (χ2v) is 9.49. The summed E-state index contributed by atoms with van der Waals surface area (Å²) >= 11 is 0. The fourth-order valence-electron chi connectivity index (χ4n) is 5.64. The van der Waals surface area contributed by atoms with Gasteiger partial charge in [0.2, 0.25) is 5.95 Å². The summed E-state index contributed by atoms with van der Waals surface area (Å²) in [7, 11) is 0. The van der Waals surface area contributed by atoms with Crippen LogP contribution in [-0.2, 0) is 13.1 Å². The lowest BCUT2D eigenvalue weighted by Gasteiger charge is -2.46. The molecule has 0 saturated carbocycles. The van der Waals surface area contributed by atoms with Gasteiger partial charge < -0.3 is 24.5 Å². The summed E-state index contributed by atoms with van der Waals surface area (Å²) in [6.45, 7) is 8.75. The predicted octanol–water partition coefficient (Wildman–Crippen LogP) is 3.21. The molecular formula is C23H34N6O2. The quantitative estimate of drug-likeness (QED) is 0.561. The first-order chi connectivity index (χ1) is 15.1. The number of anilines is 2. The summed E-state index contributed by atoms with van der Waals surface area (Å²) in [6.07, 6.45) is 9.87. The van der Waals surface area contributed by atoms with Crippen LogP contribution >= 0.6 is 0 Å². The second-order valence-electron chi connectivity index (χ2n) is 9.49. The Labute approximate surface area is 184 Å². The van der Waals surface area contributed by atoms with Crippen LogP contribution in [0.4, 0.5) is 11.8 Å². The molecule has 5 heterocycles. The van der Waals surface area contributed by atoms with Crippen molar-refractivity contribution in [3.63, 3.8) is 0 Å². The monoisotopic (exact) mass is 426 g/mol. The molecule has 2 fully saturated rings. The number of rotatable bonds is 6. The molecule has 0 radical (unpaired) electrons. The van der Waals surface area contributed by atoms with Crippen molar-refractivity contribution in [2.45, 2.75) is 51.7 Å². The predicted molar refractivity (Wildman–Crippen MR) is 120 cm³/mol. The van der Waals surface area contributed by atoms with Crippen molar-refractivity contribution in [2.75, 3.05) is 49.5 Å². The van der Waals surface area contributed by atoms with Crippen molar-refractivity contribution in [2.24, 2.45) is 5.92 Å². The smallest absolute Gasteiger partial charge is 0.224 e. The molecule has 0 aliphatic carbocycles. The first-order valence-electron chi connectivity index (χ1n) is 11.8. The molecule has 2 saturated heterocycles. The van der Waals surface area contributed by atoms with Gasteiger partial charge in [0.25, 0.3) is 0 Å². The number of nitrogens with one attached hydrogen (secondary N) is 1. The third-order valence-corrected chi connectivity index (χ3v) is 7.11. The van der Waals surface area contributed by atoms with Crippen LogP contribution in [0.25, 0.3) is 0 Å². The first kappa shape index (κ1) is 20.7. The molecule has 3 aliphatic rings. The highest BCUT2D eigenvalue weighted by Crippen LogP contribution is 2.36. The van der Waals surface area contributed by atoms with Gasteiger partial charge >= 0.3 is 0 Å². The van der Waals surface area contributed by atoms with Crippen LogP contribution in [0.15, 0.2) is 29.2 Å². The van der Waals surface area contributed by atoms with Gasteiger partial charge in [-0.2, -0.15) is 4.98 Å². The number of piperidine rings is 1. The summed E-state index contributed by atoms with van der Waals surface area (Å²) in [5.41, 5.74) is 2.24. The highest BCUT2D eigenvalue weighted by atomic mass is 16.5. The minimum absolute atomic E-state index is 0.134. The van der Waals surface area contributed by atoms with Crippen molar-refractivity contribution in [1.82, 2.24) is 14.9 Å². The van der Waals surface area contributed by atoms with Crippen LogP contribution in [0, 0.1) is 11.1 Å². The third-order valence-electron chi connectivity index (χ3n) is 7.11. The van der Waals surface area contributed by atoms with Gasteiger partial charge in [-0.15, -0.1) is 0 Å². The number of fused-ring (bicyclic) bond motifs is 3. The normalized spacial score (nSPS) is 27.0. The van der Waals surface area contributed by atoms with E-state index in [1.54, 1.807) is 6.26 Å². The van der Waals surface area contributed by atoms with E-state index in [2.05, 4.69) is 20.1 Å². The Morgan fingerprint density at radius 3 is 2.90 bits per heavy atom. The number of nitrogens with zero attached hydrogens (tertiary/aromatic N) is 5. The highest BCUT2D eigenvalue weighted by molar-refractivity contribution is 5.51. The van der Waals surface area contributed by atoms with Crippen LogP contribution in [0.5, 0.6) is 0 Å². The van der Waals surface area contributed by atoms with Gasteiger partial charge in [-0.05, 0) is 51.8 Å². The molecule has 0 bridgehead atoms. The fraction of sp³-hybridized carbons (Fsp3) is 0.652. The fourth-order valence-corrected chi connectivity index (χ4v) is 5.64. The van der Waals surface area contributed by atoms with Crippen LogP contribution in [0.2, 0.25) is 0 Å². The Bertz CT molecular complexity index is 867. The molecule has 0 aromatic carbocycles. The zero-order chi connectivity index (χ0) is 21.3. The van der Waals surface area contributed by atoms with Gasteiger partial charge in [0, 0.05) is 37.3 Å². The molecule has 5 rings (SSSR count). The van der Waals surface area contributed by atoms with E-state index in [4.69, 9.17) is 9.40 Å². The molecule has 168 valence electrons. The Balaban J connectivity index is 1.27. The Hall–Kier alpha value is -2.16. The molecule has 2 aromatic heterocycles. The largest absolute Gasteiger partial charge is 0.632 e. The Kier molecular flexibility index (Phi) is 5.86. The summed E-state index contributed by atoms with van der Waals surface area (Å²) in [5, 5.41) is 17.3. The van der Waals surface area contributed by atoms with Crippen molar-refractivity contribution in [3.05, 3.63) is 41.1 Å². The zero-order valence-electron chi connectivity index (χ0n) is 18.5. The SMILES string of the molecule is CCNc1ncc2c(n1)N1CCCC1C[N+]([O-])(CC1CCN(Cc3ccoc3)CC1)C2. The van der Waals surface area contributed by atoms with Crippen molar-refractivity contribution < 1.29 is 9.06 Å². The van der Waals surface area contributed by atoms with E-state index in [9.17, 15) is 5.21 Å². The molecule has 8 nitrogen and oxygen atoms in total. The van der Waals surface area contributed by atoms with Gasteiger partial charge in [0.15, 0.2) is 0 Å². The lowest BCUT2D eigenvalue weighted by Crippen LogP contribution is -2.51. The number of likely N-dealkylation sites (tertiary alicyclic amines) is 1. The summed E-state index contributed by atoms with van der Waals surface area (Å²) in [6, 6.07) is 2.33. The van der Waals surface area contributed by atoms with Gasteiger partial charge in [0.05, 0.1) is 37.2 Å². The van der Waals surface area contributed by atoms with Gasteiger partial charge in [-0.25, -0.2) is 4.98 Å². The molecule has 0 spiro atoms. The maximum Gasteiger partial charge on any atom is 0.224 e. The van der Waals surface area contributed by atoms with E-state index in [1.807, 2.05) is 25.5 Å². The van der Waals surface area contributed by atoms with E-state index in [-0.39, 0.29) is 4.65 Å². The van der Waals surface area contributed by atoms with E-state index in [1.165, 1.54) is 5.56 Å². The van der Waals surface area contributed by atoms with E-state index in [0.717, 1.165) is 69.8 Å². The first-order valence-corrected chi connectivity index (χ1v) is 11.8. The molecule has 3 aliphatic heterocycles. The third kappa shape index (κ3) is 4.56. The minimum Gasteiger partial charge on any atom is -0.632 e. The Morgan fingerprint density at radius 1 is 1.26 bits per heavy atom. The van der Waals surface area contributed by atoms with Crippen molar-refractivity contribution in [3.8, 4) is 0 Å². The lowest BCUT2D eigenvalue weighted by atomic mass is 9.95. The van der Waals surface area contributed by atoms with Crippen LogP contribution in [-0.4, -0.2) is 64.8 Å². The standard InChI is InChI=1S/C23H34N6O2/c1-2-24-23-25-12-20-15-29(30,16-21-4-3-8-28(21)22(20)26-23)14-18-5-9-27(10-6-18)13-19-7-11-31-17-19/h7,11-12,17-18,21H,2-6,8-10,13-16H2,1H3,(H,24,25,26). The average molecular weight is 427 g/mol. The molecule has 0 amide bonds. The number of aromatic nitrogens is 2. The van der Waals surface area contributed by atoms with E-state index in [0.29, 0.717) is 37.5 Å². The summed E-state index contributed by atoms with van der Waals surface area (Å²) in [5.74, 6) is 2.14. The molecule has 2 unspecified atom stereocenters. The Morgan fingerprint density at radius 2 is 2.13 bits per heavy atom. The maximum atomic E-state index is 14.1. The van der Waals surface area contributed by atoms with Gasteiger partial charge in [-0.1, -0.05) is 0 Å². The highest BCUT2D eigenvalue weighted by Gasteiger charge is 2.39. The summed E-state index contributed by atoms with van der Waals surface area (Å²) in [4.78, 5) is 14.1. The average Bonchev–Trinajstić information content (AvgIpc) is 3.41. The van der Waals surface area contributed by atoms with E-state index < -0.39 is 0 Å². The maximum absolute atomic E-state index is 14.1. The molecule has 8 heteroatoms. The number of quaternary nitrogens is 1. The molecule has 2 atom stereocenters. The number of hydrogen-bond acceptors (Lipinski definition) is 7. The molecule has 1 N–H and O–H groups in total. The number of hydrogen-bond donors (Lipinski definition) is 1. The molecular weight excluding hydrogens is 392 g/mol. The van der Waals surface area contributed by atoms with Gasteiger partial charge in [0.1, 0.15) is 12.4 Å². The minimum atomic E-state index is -0.134. The van der Waals surface area contributed by atoms with Crippen LogP contribution in [0.1, 0.15) is 43.7 Å². The summed E-state index contributed by atoms with van der Waals surface area (Å²) < 4.78 is 5.06. The van der Waals surface area contributed by atoms with Crippen LogP contribution < -0.4 is 10.2 Å².